The predicted molar refractivity (Wildman–Crippen MR) is 80.3 cm³/mol. The SMILES string of the molecule is [Cl-].[Cl-].[NH3+]C(Cc1ccc(C[NH+](CCCl)CCCl)cc1)C(=O)O. The number of hydrogen-bond acceptors (Lipinski definition) is 1. The first-order valence-corrected chi connectivity index (χ1v) is 7.73. The third kappa shape index (κ3) is 9.03. The Labute approximate surface area is 153 Å². The Hall–Kier alpha value is -0.230. The molecule has 1 aromatic carbocycles. The molecule has 0 saturated heterocycles. The van der Waals surface area contributed by atoms with Gasteiger partial charge in [0.15, 0.2) is 6.04 Å². The van der Waals surface area contributed by atoms with Gasteiger partial charge in [0.1, 0.15) is 6.54 Å². The number of benzene rings is 1. The van der Waals surface area contributed by atoms with Crippen LogP contribution in [0, 0.1) is 0 Å². The van der Waals surface area contributed by atoms with E-state index < -0.39 is 12.0 Å². The summed E-state index contributed by atoms with van der Waals surface area (Å²) in [5, 5.41) is 8.84. The molecule has 0 amide bonds. The molecule has 0 bridgehead atoms. The van der Waals surface area contributed by atoms with Gasteiger partial charge in [-0.25, -0.2) is 4.79 Å². The summed E-state index contributed by atoms with van der Waals surface area (Å²) in [7, 11) is 0. The normalized spacial score (nSPS) is 11.5. The summed E-state index contributed by atoms with van der Waals surface area (Å²) in [6.07, 6.45) is 0.454. The van der Waals surface area contributed by atoms with Crippen molar-refractivity contribution in [3.8, 4) is 0 Å². The first-order chi connectivity index (χ1) is 9.56. The van der Waals surface area contributed by atoms with E-state index >= 15 is 0 Å². The Balaban J connectivity index is 0. The Morgan fingerprint density at radius 1 is 1.09 bits per heavy atom. The van der Waals surface area contributed by atoms with Crippen LogP contribution < -0.4 is 35.4 Å². The molecule has 0 spiro atoms. The summed E-state index contributed by atoms with van der Waals surface area (Å²) in [5.74, 6) is 0.368. The van der Waals surface area contributed by atoms with Crippen LogP contribution in [0.25, 0.3) is 0 Å². The lowest BCUT2D eigenvalue weighted by molar-refractivity contribution is -0.909. The van der Waals surface area contributed by atoms with E-state index in [0.717, 1.165) is 25.2 Å². The maximum Gasteiger partial charge on any atom is 0.362 e. The van der Waals surface area contributed by atoms with Crippen molar-refractivity contribution in [3.05, 3.63) is 35.4 Å². The van der Waals surface area contributed by atoms with Crippen molar-refractivity contribution < 1.29 is 45.3 Å². The van der Waals surface area contributed by atoms with E-state index in [1.54, 1.807) is 0 Å². The number of carboxylic acid groups (broad SMARTS) is 1. The lowest BCUT2D eigenvalue weighted by atomic mass is 10.0. The van der Waals surface area contributed by atoms with E-state index in [9.17, 15) is 4.79 Å². The number of nitrogens with one attached hydrogen (secondary N) is 1. The lowest BCUT2D eigenvalue weighted by Crippen LogP contribution is -3.11. The summed E-state index contributed by atoms with van der Waals surface area (Å²) < 4.78 is 0. The molecule has 4 nitrogen and oxygen atoms in total. The molecule has 0 radical (unpaired) electrons. The van der Waals surface area contributed by atoms with E-state index in [2.05, 4.69) is 5.73 Å². The minimum Gasteiger partial charge on any atom is -1.00 e. The number of carbonyl (C=O) groups is 1. The van der Waals surface area contributed by atoms with Crippen molar-refractivity contribution in [3.63, 3.8) is 0 Å². The van der Waals surface area contributed by atoms with Crippen LogP contribution in [-0.4, -0.2) is 42.0 Å². The van der Waals surface area contributed by atoms with Crippen LogP contribution in [0.4, 0.5) is 0 Å². The van der Waals surface area contributed by atoms with Crippen LogP contribution in [0.5, 0.6) is 0 Å². The first kappa shape index (κ1) is 24.0. The maximum absolute atomic E-state index is 10.8. The quantitative estimate of drug-likeness (QED) is 0.366. The molecular formula is C14H22Cl4N2O2. The number of hydrogen-bond donors (Lipinski definition) is 3. The summed E-state index contributed by atoms with van der Waals surface area (Å²) >= 11 is 11.6. The Kier molecular flexibility index (Phi) is 14.5. The molecule has 0 aliphatic heterocycles. The molecule has 0 aliphatic carbocycles. The smallest absolute Gasteiger partial charge is 0.362 e. The molecule has 5 N–H and O–H groups in total. The number of halogens is 4. The van der Waals surface area contributed by atoms with Crippen molar-refractivity contribution in [1.82, 2.24) is 0 Å². The first-order valence-electron chi connectivity index (χ1n) is 6.66. The number of quaternary nitrogens is 2. The van der Waals surface area contributed by atoms with Crippen LogP contribution in [0.3, 0.4) is 0 Å². The molecule has 0 fully saturated rings. The molecule has 1 atom stereocenters. The molecule has 1 aromatic rings. The fourth-order valence-corrected chi connectivity index (χ4v) is 2.56. The van der Waals surface area contributed by atoms with Gasteiger partial charge in [-0.05, 0) is 5.56 Å². The molecule has 1 rings (SSSR count). The number of alkyl halides is 2. The van der Waals surface area contributed by atoms with Crippen molar-refractivity contribution in [2.45, 2.75) is 19.0 Å². The molecule has 0 saturated carbocycles. The number of aliphatic carboxylic acids is 1. The zero-order valence-electron chi connectivity index (χ0n) is 12.2. The highest BCUT2D eigenvalue weighted by Gasteiger charge is 2.16. The minimum atomic E-state index is -0.867. The highest BCUT2D eigenvalue weighted by molar-refractivity contribution is 6.18. The van der Waals surface area contributed by atoms with Gasteiger partial charge >= 0.3 is 5.97 Å². The Morgan fingerprint density at radius 3 is 1.95 bits per heavy atom. The second-order valence-electron chi connectivity index (χ2n) is 4.86. The van der Waals surface area contributed by atoms with E-state index in [4.69, 9.17) is 28.3 Å². The van der Waals surface area contributed by atoms with Gasteiger partial charge in [0.2, 0.25) is 0 Å². The Bertz CT molecular complexity index is 412. The number of rotatable bonds is 9. The van der Waals surface area contributed by atoms with Crippen molar-refractivity contribution in [2.24, 2.45) is 0 Å². The van der Waals surface area contributed by atoms with Gasteiger partial charge in [0.05, 0.1) is 24.8 Å². The summed E-state index contributed by atoms with van der Waals surface area (Å²) in [4.78, 5) is 12.1. The van der Waals surface area contributed by atoms with Gasteiger partial charge in [0.25, 0.3) is 0 Å². The van der Waals surface area contributed by atoms with E-state index in [0.29, 0.717) is 18.2 Å². The zero-order chi connectivity index (χ0) is 15.0. The fraction of sp³-hybridized carbons (Fsp3) is 0.500. The topological polar surface area (TPSA) is 69.4 Å². The monoisotopic (exact) mass is 390 g/mol. The molecule has 1 unspecified atom stereocenters. The summed E-state index contributed by atoms with van der Waals surface area (Å²) in [6, 6.07) is 7.40. The largest absolute Gasteiger partial charge is 1.00 e. The number of carboxylic acids is 1. The standard InChI is InChI=1S/C14H20Cl2N2O2.2ClH/c15-5-7-18(8-6-16)10-12-3-1-11(2-4-12)9-13(17)14(19)20;;/h1-4,13H,5-10,17H2,(H,19,20);2*1H. The van der Waals surface area contributed by atoms with Crippen LogP contribution in [0.1, 0.15) is 11.1 Å². The molecule has 0 aromatic heterocycles. The van der Waals surface area contributed by atoms with Gasteiger partial charge < -0.3 is 40.6 Å². The third-order valence-corrected chi connectivity index (χ3v) is 3.58. The van der Waals surface area contributed by atoms with Crippen LogP contribution >= 0.6 is 23.2 Å². The van der Waals surface area contributed by atoms with Crippen LogP contribution in [0.2, 0.25) is 0 Å². The highest BCUT2D eigenvalue weighted by atomic mass is 35.5. The van der Waals surface area contributed by atoms with Gasteiger partial charge in [-0.1, -0.05) is 24.3 Å². The zero-order valence-corrected chi connectivity index (χ0v) is 15.2. The second kappa shape index (κ2) is 13.2. The average molecular weight is 392 g/mol. The highest BCUT2D eigenvalue weighted by Crippen LogP contribution is 2.05. The molecule has 0 aliphatic rings. The lowest BCUT2D eigenvalue weighted by Gasteiger charge is -2.17. The second-order valence-corrected chi connectivity index (χ2v) is 5.62. The summed E-state index contributed by atoms with van der Waals surface area (Å²) in [5.41, 5.74) is 5.82. The molecular weight excluding hydrogens is 370 g/mol. The Morgan fingerprint density at radius 2 is 1.55 bits per heavy atom. The summed E-state index contributed by atoms with van der Waals surface area (Å²) in [6.45, 7) is 2.65. The molecule has 0 heterocycles. The van der Waals surface area contributed by atoms with Crippen molar-refractivity contribution in [2.75, 3.05) is 24.8 Å². The van der Waals surface area contributed by atoms with Crippen LogP contribution in [-0.2, 0) is 17.8 Å². The van der Waals surface area contributed by atoms with Gasteiger partial charge in [-0.15, -0.1) is 23.2 Å². The molecule has 8 heteroatoms. The minimum absolute atomic E-state index is 0. The van der Waals surface area contributed by atoms with E-state index in [1.807, 2.05) is 24.3 Å². The third-order valence-electron chi connectivity index (χ3n) is 3.20. The maximum atomic E-state index is 10.8. The van der Waals surface area contributed by atoms with Gasteiger partial charge in [-0.2, -0.15) is 0 Å². The van der Waals surface area contributed by atoms with Crippen molar-refractivity contribution in [1.29, 1.82) is 0 Å². The fourth-order valence-electron chi connectivity index (χ4n) is 2.02. The van der Waals surface area contributed by atoms with Crippen LogP contribution in [0.15, 0.2) is 24.3 Å². The predicted octanol–water partition coefficient (Wildman–Crippen LogP) is -6.21. The molecule has 22 heavy (non-hydrogen) atoms. The van der Waals surface area contributed by atoms with Gasteiger partial charge in [-0.3, -0.25) is 0 Å². The average Bonchev–Trinajstić information content (AvgIpc) is 2.41. The molecule has 128 valence electrons. The van der Waals surface area contributed by atoms with E-state index in [-0.39, 0.29) is 24.8 Å². The van der Waals surface area contributed by atoms with E-state index in [1.165, 1.54) is 10.5 Å². The van der Waals surface area contributed by atoms with Gasteiger partial charge in [0, 0.05) is 12.0 Å². The van der Waals surface area contributed by atoms with Crippen molar-refractivity contribution >= 4 is 29.2 Å².